The van der Waals surface area contributed by atoms with Gasteiger partial charge in [-0.15, -0.1) is 0 Å². The van der Waals surface area contributed by atoms with Gasteiger partial charge in [0.15, 0.2) is 5.43 Å². The zero-order valence-electron chi connectivity index (χ0n) is 22.9. The molecular formula is C30H37N5O2Si. The highest BCUT2D eigenvalue weighted by Crippen LogP contribution is 2.33. The standard InChI is InChI=1S/C30H37N5O2Si/c1-22-8-11-33(19-24-7-5-6-23(16-24)17-31)20-27(22)35-13-10-28(36)26-18-32-30-25(29(26)35)9-12-34(30)21-37-14-15-38(2,3)4/h5-7,9-10,12-13,16,18,22,27H,8,11,14-15,19-21H2,1-4H3/t22-,27+/m1/s1. The monoisotopic (exact) mass is 527 g/mol. The van der Waals surface area contributed by atoms with Crippen molar-refractivity contribution in [3.8, 4) is 6.07 Å². The lowest BCUT2D eigenvalue weighted by Crippen LogP contribution is -2.40. The minimum Gasteiger partial charge on any atom is -0.361 e. The van der Waals surface area contributed by atoms with Crippen molar-refractivity contribution in [3.05, 3.63) is 76.3 Å². The number of hydrogen-bond donors (Lipinski definition) is 0. The van der Waals surface area contributed by atoms with E-state index in [1.54, 1.807) is 12.3 Å². The first-order valence-corrected chi connectivity index (χ1v) is 17.2. The van der Waals surface area contributed by atoms with Crippen molar-refractivity contribution in [3.63, 3.8) is 0 Å². The summed E-state index contributed by atoms with van der Waals surface area (Å²) in [6.45, 7) is 13.3. The molecule has 0 aliphatic carbocycles. The molecule has 4 aromatic rings. The number of benzene rings is 1. The minimum atomic E-state index is -1.15. The van der Waals surface area contributed by atoms with Gasteiger partial charge in [0.2, 0.25) is 0 Å². The Labute approximate surface area is 225 Å². The van der Waals surface area contributed by atoms with Crippen LogP contribution in [0, 0.1) is 17.2 Å². The summed E-state index contributed by atoms with van der Waals surface area (Å²) in [7, 11) is -1.15. The molecule has 0 N–H and O–H groups in total. The lowest BCUT2D eigenvalue weighted by molar-refractivity contribution is 0.0899. The van der Waals surface area contributed by atoms with Crippen molar-refractivity contribution < 1.29 is 4.74 Å². The molecule has 1 aliphatic heterocycles. The van der Waals surface area contributed by atoms with E-state index in [0.29, 0.717) is 23.6 Å². The molecule has 0 amide bonds. The summed E-state index contributed by atoms with van der Waals surface area (Å²) in [6, 6.07) is 15.2. The molecule has 0 bridgehead atoms. The first kappa shape index (κ1) is 26.4. The zero-order chi connectivity index (χ0) is 26.9. The highest BCUT2D eigenvalue weighted by Gasteiger charge is 2.29. The highest BCUT2D eigenvalue weighted by molar-refractivity contribution is 6.76. The molecule has 8 heteroatoms. The molecule has 0 unspecified atom stereocenters. The third-order valence-corrected chi connectivity index (χ3v) is 9.42. The van der Waals surface area contributed by atoms with Gasteiger partial charge in [0, 0.05) is 63.9 Å². The fourth-order valence-electron chi connectivity index (χ4n) is 5.43. The Hall–Kier alpha value is -3.25. The van der Waals surface area contributed by atoms with Crippen LogP contribution in [0.25, 0.3) is 21.9 Å². The molecule has 0 spiro atoms. The van der Waals surface area contributed by atoms with Crippen LogP contribution in [0.2, 0.25) is 25.7 Å². The van der Waals surface area contributed by atoms with Gasteiger partial charge in [0.05, 0.1) is 22.5 Å². The molecule has 1 aromatic carbocycles. The molecule has 0 saturated carbocycles. The summed E-state index contributed by atoms with van der Waals surface area (Å²) < 4.78 is 10.4. The largest absolute Gasteiger partial charge is 0.361 e. The van der Waals surface area contributed by atoms with Crippen LogP contribution in [0.4, 0.5) is 0 Å². The van der Waals surface area contributed by atoms with Gasteiger partial charge in [0.25, 0.3) is 0 Å². The van der Waals surface area contributed by atoms with Gasteiger partial charge in [-0.25, -0.2) is 4.98 Å². The Morgan fingerprint density at radius 1 is 1.16 bits per heavy atom. The lowest BCUT2D eigenvalue weighted by Gasteiger charge is -2.39. The van der Waals surface area contributed by atoms with Crippen LogP contribution in [0.3, 0.4) is 0 Å². The van der Waals surface area contributed by atoms with E-state index in [-0.39, 0.29) is 11.5 Å². The quantitative estimate of drug-likeness (QED) is 0.220. The highest BCUT2D eigenvalue weighted by atomic mass is 28.3. The maximum absolute atomic E-state index is 12.9. The second-order valence-corrected chi connectivity index (χ2v) is 17.5. The maximum Gasteiger partial charge on any atom is 0.190 e. The Morgan fingerprint density at radius 2 is 2.00 bits per heavy atom. The molecule has 1 aliphatic rings. The number of nitriles is 1. The summed E-state index contributed by atoms with van der Waals surface area (Å²) in [5.74, 6) is 0.456. The molecular weight excluding hydrogens is 490 g/mol. The predicted molar refractivity (Wildman–Crippen MR) is 155 cm³/mol. The van der Waals surface area contributed by atoms with Gasteiger partial charge in [0.1, 0.15) is 12.4 Å². The first-order valence-electron chi connectivity index (χ1n) is 13.5. The fraction of sp³-hybridized carbons (Fsp3) is 0.433. The van der Waals surface area contributed by atoms with Gasteiger partial charge in [-0.3, -0.25) is 9.69 Å². The van der Waals surface area contributed by atoms with Crippen LogP contribution >= 0.6 is 0 Å². The minimum absolute atomic E-state index is 0.00146. The van der Waals surface area contributed by atoms with Crippen LogP contribution < -0.4 is 5.43 Å². The second kappa shape index (κ2) is 10.9. The second-order valence-electron chi connectivity index (χ2n) is 11.9. The summed E-state index contributed by atoms with van der Waals surface area (Å²) in [6.07, 6.45) is 6.78. The summed E-state index contributed by atoms with van der Waals surface area (Å²) in [5.41, 5.74) is 3.64. The SMILES string of the molecule is C[C@@H]1CCN(Cc2cccc(C#N)c2)C[C@@H]1n1ccc(=O)c2cnc3c(ccn3COCC[Si](C)(C)C)c21. The molecule has 1 fully saturated rings. The molecule has 0 radical (unpaired) electrons. The van der Waals surface area contributed by atoms with E-state index in [1.165, 1.54) is 0 Å². The summed E-state index contributed by atoms with van der Waals surface area (Å²) in [5, 5.41) is 10.9. The van der Waals surface area contributed by atoms with E-state index >= 15 is 0 Å². The smallest absolute Gasteiger partial charge is 0.190 e. The van der Waals surface area contributed by atoms with Crippen LogP contribution in [0.1, 0.15) is 30.5 Å². The van der Waals surface area contributed by atoms with E-state index in [0.717, 1.165) is 60.8 Å². The van der Waals surface area contributed by atoms with E-state index < -0.39 is 8.07 Å². The van der Waals surface area contributed by atoms with E-state index in [1.807, 2.05) is 35.2 Å². The van der Waals surface area contributed by atoms with Crippen molar-refractivity contribution in [2.45, 2.75) is 58.3 Å². The van der Waals surface area contributed by atoms with Gasteiger partial charge in [-0.05, 0) is 48.7 Å². The average Bonchev–Trinajstić information content (AvgIpc) is 3.31. The molecule has 38 heavy (non-hydrogen) atoms. The van der Waals surface area contributed by atoms with Gasteiger partial charge >= 0.3 is 0 Å². The number of fused-ring (bicyclic) bond motifs is 3. The van der Waals surface area contributed by atoms with Crippen molar-refractivity contribution in [2.75, 3.05) is 19.7 Å². The predicted octanol–water partition coefficient (Wildman–Crippen LogP) is 5.62. The molecule has 1 saturated heterocycles. The number of rotatable bonds is 8. The number of aromatic nitrogens is 3. The van der Waals surface area contributed by atoms with E-state index in [9.17, 15) is 10.1 Å². The average molecular weight is 528 g/mol. The van der Waals surface area contributed by atoms with Gasteiger partial charge in [-0.2, -0.15) is 5.26 Å². The fourth-order valence-corrected chi connectivity index (χ4v) is 6.19. The molecule has 2 atom stereocenters. The molecule has 5 rings (SSSR count). The molecule has 3 aromatic heterocycles. The summed E-state index contributed by atoms with van der Waals surface area (Å²) in [4.78, 5) is 20.0. The van der Waals surface area contributed by atoms with Crippen LogP contribution in [0.15, 0.2) is 59.8 Å². The third kappa shape index (κ3) is 5.60. The number of nitrogens with zero attached hydrogens (tertiary/aromatic N) is 5. The summed E-state index contributed by atoms with van der Waals surface area (Å²) >= 11 is 0. The number of hydrogen-bond acceptors (Lipinski definition) is 5. The Kier molecular flexibility index (Phi) is 7.53. The Bertz CT molecular complexity index is 1540. The first-order chi connectivity index (χ1) is 18.2. The van der Waals surface area contributed by atoms with Crippen molar-refractivity contribution in [1.29, 1.82) is 5.26 Å². The van der Waals surface area contributed by atoms with E-state index in [4.69, 9.17) is 9.72 Å². The number of ether oxygens (including phenoxy) is 1. The third-order valence-electron chi connectivity index (χ3n) is 7.72. The number of piperidine rings is 1. The van der Waals surface area contributed by atoms with Crippen molar-refractivity contribution in [1.82, 2.24) is 19.0 Å². The molecule has 7 nitrogen and oxygen atoms in total. The van der Waals surface area contributed by atoms with Crippen LogP contribution in [0.5, 0.6) is 0 Å². The normalized spacial score (nSPS) is 18.7. The van der Waals surface area contributed by atoms with Gasteiger partial charge < -0.3 is 13.9 Å². The lowest BCUT2D eigenvalue weighted by atomic mass is 9.92. The van der Waals surface area contributed by atoms with Crippen LogP contribution in [-0.2, 0) is 18.0 Å². The topological polar surface area (TPSA) is 76.1 Å². The van der Waals surface area contributed by atoms with Gasteiger partial charge in [-0.1, -0.05) is 38.7 Å². The maximum atomic E-state index is 12.9. The Morgan fingerprint density at radius 3 is 2.79 bits per heavy atom. The van der Waals surface area contributed by atoms with E-state index in [2.05, 4.69) is 54.2 Å². The number of likely N-dealkylation sites (tertiary alicyclic amines) is 1. The van der Waals surface area contributed by atoms with Crippen molar-refractivity contribution in [2.24, 2.45) is 5.92 Å². The number of pyridine rings is 2. The molecule has 4 heterocycles. The Balaban J connectivity index is 1.46. The van der Waals surface area contributed by atoms with Crippen molar-refractivity contribution >= 4 is 30.0 Å². The van der Waals surface area contributed by atoms with Crippen LogP contribution in [-0.4, -0.2) is 46.8 Å². The molecule has 198 valence electrons. The zero-order valence-corrected chi connectivity index (χ0v) is 23.9.